The summed E-state index contributed by atoms with van der Waals surface area (Å²) in [6.45, 7) is 6.11. The summed E-state index contributed by atoms with van der Waals surface area (Å²) in [6, 6.07) is -0.208. The minimum absolute atomic E-state index is 0.0994. The Kier molecular flexibility index (Phi) is 4.66. The lowest BCUT2D eigenvalue weighted by atomic mass is 10.0. The highest BCUT2D eigenvalue weighted by Crippen LogP contribution is 2.19. The van der Waals surface area contributed by atoms with E-state index in [0.29, 0.717) is 13.1 Å². The van der Waals surface area contributed by atoms with Crippen LogP contribution in [0.3, 0.4) is 0 Å². The first kappa shape index (κ1) is 15.6. The first-order valence-electron chi connectivity index (χ1n) is 6.81. The second kappa shape index (κ2) is 6.30. The Morgan fingerprint density at radius 2 is 2.05 bits per heavy atom. The number of nitrogens with zero attached hydrogens (tertiary/aromatic N) is 3. The lowest BCUT2D eigenvalue weighted by Crippen LogP contribution is -2.56. The third-order valence-electron chi connectivity index (χ3n) is 3.30. The number of carboxylic acid groups (broad SMARTS) is 1. The molecule has 21 heavy (non-hydrogen) atoms. The fourth-order valence-corrected chi connectivity index (χ4v) is 2.96. The number of hydrogen-bond donors (Lipinski definition) is 2. The van der Waals surface area contributed by atoms with Gasteiger partial charge in [0.2, 0.25) is 0 Å². The zero-order chi connectivity index (χ0) is 15.5. The number of nitrogens with one attached hydrogen (secondary N) is 1. The van der Waals surface area contributed by atoms with Crippen LogP contribution in [0.5, 0.6) is 0 Å². The number of aromatic nitrogens is 1. The molecule has 0 unspecified atom stereocenters. The van der Waals surface area contributed by atoms with Crippen molar-refractivity contribution in [1.29, 1.82) is 0 Å². The van der Waals surface area contributed by atoms with Gasteiger partial charge < -0.3 is 20.2 Å². The maximum absolute atomic E-state index is 12.2. The second-order valence-corrected chi connectivity index (χ2v) is 6.55. The number of carbonyl (C=O) groups excluding carboxylic acids is 1. The van der Waals surface area contributed by atoms with Crippen LogP contribution in [0.1, 0.15) is 20.3 Å². The van der Waals surface area contributed by atoms with Gasteiger partial charge in [-0.05, 0) is 13.8 Å². The Balaban J connectivity index is 1.84. The molecular weight excluding hydrogens is 292 g/mol. The topological polar surface area (TPSA) is 85.8 Å². The van der Waals surface area contributed by atoms with Crippen LogP contribution in [0.25, 0.3) is 0 Å². The summed E-state index contributed by atoms with van der Waals surface area (Å²) in [6.07, 6.45) is 1.67. The van der Waals surface area contributed by atoms with E-state index in [1.54, 1.807) is 36.3 Å². The Labute approximate surface area is 127 Å². The number of thiazole rings is 1. The van der Waals surface area contributed by atoms with Crippen molar-refractivity contribution in [2.75, 3.05) is 31.1 Å². The monoisotopic (exact) mass is 312 g/mol. The summed E-state index contributed by atoms with van der Waals surface area (Å²) in [5, 5.41) is 14.5. The molecule has 1 fully saturated rings. The number of aliphatic carboxylic acids is 1. The van der Waals surface area contributed by atoms with E-state index in [1.165, 1.54) is 0 Å². The van der Waals surface area contributed by atoms with Gasteiger partial charge in [-0.1, -0.05) is 0 Å². The number of rotatable bonds is 4. The molecule has 116 valence electrons. The molecule has 2 heterocycles. The Morgan fingerprint density at radius 3 is 2.57 bits per heavy atom. The normalized spacial score (nSPS) is 15.9. The molecule has 8 heteroatoms. The average molecular weight is 312 g/mol. The number of amides is 2. The van der Waals surface area contributed by atoms with Crippen molar-refractivity contribution in [2.45, 2.75) is 25.8 Å². The maximum atomic E-state index is 12.2. The van der Waals surface area contributed by atoms with Crippen molar-refractivity contribution in [1.82, 2.24) is 15.2 Å². The summed E-state index contributed by atoms with van der Waals surface area (Å²) in [5.74, 6) is -0.922. The molecule has 0 bridgehead atoms. The number of anilines is 1. The third kappa shape index (κ3) is 4.32. The van der Waals surface area contributed by atoms with Gasteiger partial charge in [0.05, 0.1) is 6.42 Å². The van der Waals surface area contributed by atoms with Crippen molar-refractivity contribution in [2.24, 2.45) is 0 Å². The van der Waals surface area contributed by atoms with E-state index in [1.807, 2.05) is 5.38 Å². The minimum Gasteiger partial charge on any atom is -0.481 e. The quantitative estimate of drug-likeness (QED) is 0.873. The van der Waals surface area contributed by atoms with Gasteiger partial charge in [-0.2, -0.15) is 0 Å². The predicted octanol–water partition coefficient (Wildman–Crippen LogP) is 1.23. The third-order valence-corrected chi connectivity index (χ3v) is 4.13. The van der Waals surface area contributed by atoms with Gasteiger partial charge in [0.15, 0.2) is 5.13 Å². The van der Waals surface area contributed by atoms with Crippen molar-refractivity contribution in [3.8, 4) is 0 Å². The number of piperazine rings is 1. The van der Waals surface area contributed by atoms with E-state index < -0.39 is 11.5 Å². The molecular formula is C13H20N4O3S. The molecule has 1 saturated heterocycles. The van der Waals surface area contributed by atoms with E-state index in [-0.39, 0.29) is 12.5 Å². The molecule has 1 aromatic heterocycles. The number of urea groups is 1. The van der Waals surface area contributed by atoms with E-state index >= 15 is 0 Å². The van der Waals surface area contributed by atoms with E-state index in [2.05, 4.69) is 15.2 Å². The summed E-state index contributed by atoms with van der Waals surface area (Å²) >= 11 is 1.59. The Hall–Kier alpha value is -1.83. The molecule has 0 saturated carbocycles. The molecule has 0 aliphatic carbocycles. The van der Waals surface area contributed by atoms with Crippen LogP contribution >= 0.6 is 11.3 Å². The van der Waals surface area contributed by atoms with Crippen LogP contribution in [-0.4, -0.2) is 58.7 Å². The number of carboxylic acids is 1. The van der Waals surface area contributed by atoms with Gasteiger partial charge in [0, 0.05) is 43.3 Å². The van der Waals surface area contributed by atoms with Crippen LogP contribution in [0, 0.1) is 0 Å². The van der Waals surface area contributed by atoms with Crippen LogP contribution in [-0.2, 0) is 4.79 Å². The molecule has 0 atom stereocenters. The molecule has 7 nitrogen and oxygen atoms in total. The van der Waals surface area contributed by atoms with Gasteiger partial charge >= 0.3 is 12.0 Å². The first-order valence-corrected chi connectivity index (χ1v) is 7.69. The zero-order valence-electron chi connectivity index (χ0n) is 12.2. The minimum atomic E-state index is -0.922. The van der Waals surface area contributed by atoms with E-state index in [9.17, 15) is 9.59 Å². The van der Waals surface area contributed by atoms with E-state index in [4.69, 9.17) is 5.11 Å². The SMILES string of the molecule is CC(C)(CC(=O)O)NC(=O)N1CCN(c2nccs2)CC1. The molecule has 2 rings (SSSR count). The fourth-order valence-electron chi connectivity index (χ4n) is 2.26. The average Bonchev–Trinajstić information content (AvgIpc) is 2.90. The highest BCUT2D eigenvalue weighted by atomic mass is 32.1. The zero-order valence-corrected chi connectivity index (χ0v) is 13.0. The highest BCUT2D eigenvalue weighted by molar-refractivity contribution is 7.13. The van der Waals surface area contributed by atoms with Crippen molar-refractivity contribution in [3.05, 3.63) is 11.6 Å². The van der Waals surface area contributed by atoms with Crippen molar-refractivity contribution in [3.63, 3.8) is 0 Å². The smallest absolute Gasteiger partial charge is 0.317 e. The summed E-state index contributed by atoms with van der Waals surface area (Å²) < 4.78 is 0. The summed E-state index contributed by atoms with van der Waals surface area (Å²) in [5.41, 5.74) is -0.755. The Morgan fingerprint density at radius 1 is 1.38 bits per heavy atom. The summed E-state index contributed by atoms with van der Waals surface area (Å²) in [4.78, 5) is 31.1. The van der Waals surface area contributed by atoms with Crippen LogP contribution < -0.4 is 10.2 Å². The second-order valence-electron chi connectivity index (χ2n) is 5.67. The molecule has 2 N–H and O–H groups in total. The lowest BCUT2D eigenvalue weighted by Gasteiger charge is -2.36. The molecule has 1 aliphatic heterocycles. The van der Waals surface area contributed by atoms with Gasteiger partial charge in [-0.15, -0.1) is 11.3 Å². The van der Waals surface area contributed by atoms with Crippen LogP contribution in [0.15, 0.2) is 11.6 Å². The fraction of sp³-hybridized carbons (Fsp3) is 0.615. The molecule has 2 amide bonds. The summed E-state index contributed by atoms with van der Waals surface area (Å²) in [7, 11) is 0. The maximum Gasteiger partial charge on any atom is 0.317 e. The molecule has 0 radical (unpaired) electrons. The van der Waals surface area contributed by atoms with Crippen molar-refractivity contribution < 1.29 is 14.7 Å². The predicted molar refractivity (Wildman–Crippen MR) is 80.8 cm³/mol. The van der Waals surface area contributed by atoms with Crippen LogP contribution in [0.4, 0.5) is 9.93 Å². The van der Waals surface area contributed by atoms with Crippen molar-refractivity contribution >= 4 is 28.5 Å². The number of carbonyl (C=O) groups is 2. The van der Waals surface area contributed by atoms with Gasteiger partial charge in [0.25, 0.3) is 0 Å². The molecule has 0 aromatic carbocycles. The van der Waals surface area contributed by atoms with E-state index in [0.717, 1.165) is 18.2 Å². The largest absolute Gasteiger partial charge is 0.481 e. The lowest BCUT2D eigenvalue weighted by molar-refractivity contribution is -0.138. The van der Waals surface area contributed by atoms with Gasteiger partial charge in [-0.25, -0.2) is 9.78 Å². The standard InChI is InChI=1S/C13H20N4O3S/c1-13(2,9-10(18)19)15-11(20)16-4-6-17(7-5-16)12-14-3-8-21-12/h3,8H,4-7,9H2,1-2H3,(H,15,20)(H,18,19). The molecule has 0 spiro atoms. The van der Waals surface area contributed by atoms with Gasteiger partial charge in [-0.3, -0.25) is 4.79 Å². The Bertz CT molecular complexity index is 496. The number of hydrogen-bond acceptors (Lipinski definition) is 5. The first-order chi connectivity index (χ1) is 9.87. The molecule has 1 aliphatic rings. The van der Waals surface area contributed by atoms with Gasteiger partial charge in [0.1, 0.15) is 0 Å². The molecule has 1 aromatic rings. The highest BCUT2D eigenvalue weighted by Gasteiger charge is 2.28. The van der Waals surface area contributed by atoms with Crippen LogP contribution in [0.2, 0.25) is 0 Å².